The molecule has 2 aromatic rings. The highest BCUT2D eigenvalue weighted by Crippen LogP contribution is 2.20. The average molecular weight is 283 g/mol. The average Bonchev–Trinajstić information content (AvgIpc) is 2.45. The molecule has 0 aliphatic heterocycles. The van der Waals surface area contributed by atoms with E-state index in [2.05, 4.69) is 16.4 Å². The van der Waals surface area contributed by atoms with Crippen molar-refractivity contribution in [3.63, 3.8) is 0 Å². The minimum Gasteiger partial charge on any atom is -0.370 e. The van der Waals surface area contributed by atoms with Crippen LogP contribution < -0.4 is 10.2 Å². The van der Waals surface area contributed by atoms with Crippen LogP contribution in [-0.2, 0) is 0 Å². The number of nitrogens with one attached hydrogen (secondary N) is 1. The molecule has 4 heteroatoms. The van der Waals surface area contributed by atoms with Crippen LogP contribution in [-0.4, -0.2) is 24.5 Å². The maximum absolute atomic E-state index is 12.6. The number of aromatic nitrogens is 1. The van der Waals surface area contributed by atoms with Crippen molar-refractivity contribution in [3.05, 3.63) is 53.2 Å². The Morgan fingerprint density at radius 1 is 1.19 bits per heavy atom. The minimum atomic E-state index is -0.0402. The molecular formula is C17H21N3O. The van der Waals surface area contributed by atoms with Gasteiger partial charge in [-0.1, -0.05) is 6.07 Å². The number of hydrogen-bond donors (Lipinski definition) is 1. The van der Waals surface area contributed by atoms with Crippen molar-refractivity contribution in [2.75, 3.05) is 23.8 Å². The second kappa shape index (κ2) is 6.39. The number of benzene rings is 1. The topological polar surface area (TPSA) is 45.2 Å². The molecule has 1 N–H and O–H groups in total. The Labute approximate surface area is 125 Å². The van der Waals surface area contributed by atoms with Crippen LogP contribution >= 0.6 is 0 Å². The number of carbonyl (C=O) groups excluding carboxylic acids is 1. The molecule has 0 bridgehead atoms. The van der Waals surface area contributed by atoms with E-state index in [1.807, 2.05) is 32.9 Å². The molecular weight excluding hydrogens is 262 g/mol. The van der Waals surface area contributed by atoms with E-state index in [9.17, 15) is 4.79 Å². The molecule has 110 valence electrons. The van der Waals surface area contributed by atoms with Gasteiger partial charge in [0.2, 0.25) is 0 Å². The predicted molar refractivity (Wildman–Crippen MR) is 87.1 cm³/mol. The molecule has 4 nitrogen and oxygen atoms in total. The number of hydrogen-bond acceptors (Lipinski definition) is 3. The molecule has 0 fully saturated rings. The predicted octanol–water partition coefficient (Wildman–Crippen LogP) is 3.41. The van der Waals surface area contributed by atoms with Gasteiger partial charge in [0.15, 0.2) is 0 Å². The van der Waals surface area contributed by atoms with E-state index in [4.69, 9.17) is 0 Å². The fraction of sp³-hybridized carbons (Fsp3) is 0.294. The lowest BCUT2D eigenvalue weighted by Gasteiger charge is -2.19. The normalized spacial score (nSPS) is 10.3. The summed E-state index contributed by atoms with van der Waals surface area (Å²) in [6.07, 6.45) is 1.65. The lowest BCUT2D eigenvalue weighted by Crippen LogP contribution is -2.26. The van der Waals surface area contributed by atoms with Crippen LogP contribution in [0.15, 0.2) is 36.5 Å². The molecule has 21 heavy (non-hydrogen) atoms. The second-order valence-corrected chi connectivity index (χ2v) is 5.17. The van der Waals surface area contributed by atoms with E-state index in [1.165, 1.54) is 0 Å². The van der Waals surface area contributed by atoms with Crippen LogP contribution in [0.1, 0.15) is 28.4 Å². The molecule has 1 amide bonds. The molecule has 0 atom stereocenters. The number of rotatable bonds is 4. The van der Waals surface area contributed by atoms with E-state index in [-0.39, 0.29) is 5.91 Å². The van der Waals surface area contributed by atoms with Gasteiger partial charge in [0.05, 0.1) is 0 Å². The number of amides is 1. The molecule has 0 aliphatic carbocycles. The summed E-state index contributed by atoms with van der Waals surface area (Å²) >= 11 is 0. The van der Waals surface area contributed by atoms with Crippen LogP contribution in [0, 0.1) is 13.8 Å². The quantitative estimate of drug-likeness (QED) is 0.935. The van der Waals surface area contributed by atoms with Crippen molar-refractivity contribution in [2.24, 2.45) is 0 Å². The van der Waals surface area contributed by atoms with Crippen molar-refractivity contribution in [1.29, 1.82) is 0 Å². The molecule has 1 heterocycles. The van der Waals surface area contributed by atoms with E-state index in [0.29, 0.717) is 5.56 Å². The van der Waals surface area contributed by atoms with Crippen molar-refractivity contribution < 1.29 is 4.79 Å². The van der Waals surface area contributed by atoms with Gasteiger partial charge < -0.3 is 10.2 Å². The maximum atomic E-state index is 12.6. The second-order valence-electron chi connectivity index (χ2n) is 5.17. The summed E-state index contributed by atoms with van der Waals surface area (Å²) in [5.74, 6) is 0.679. The summed E-state index contributed by atoms with van der Waals surface area (Å²) in [4.78, 5) is 18.5. The number of aryl methyl sites for hydroxylation is 2. The third-order valence-electron chi connectivity index (χ3n) is 3.26. The van der Waals surface area contributed by atoms with Gasteiger partial charge in [0, 0.05) is 31.0 Å². The van der Waals surface area contributed by atoms with Gasteiger partial charge in [-0.15, -0.1) is 0 Å². The van der Waals surface area contributed by atoms with Crippen LogP contribution in [0.3, 0.4) is 0 Å². The van der Waals surface area contributed by atoms with E-state index in [0.717, 1.165) is 29.2 Å². The largest absolute Gasteiger partial charge is 0.370 e. The zero-order chi connectivity index (χ0) is 15.4. The molecule has 0 saturated heterocycles. The van der Waals surface area contributed by atoms with E-state index in [1.54, 1.807) is 30.3 Å². The number of carbonyl (C=O) groups is 1. The van der Waals surface area contributed by atoms with Gasteiger partial charge in [0.1, 0.15) is 5.82 Å². The Balaban J connectivity index is 2.28. The molecule has 0 saturated carbocycles. The Morgan fingerprint density at radius 2 is 1.86 bits per heavy atom. The smallest absolute Gasteiger partial charge is 0.258 e. The Kier molecular flexibility index (Phi) is 4.58. The monoisotopic (exact) mass is 283 g/mol. The summed E-state index contributed by atoms with van der Waals surface area (Å²) in [7, 11) is 1.80. The molecule has 0 radical (unpaired) electrons. The Morgan fingerprint density at radius 3 is 2.48 bits per heavy atom. The highest BCUT2D eigenvalue weighted by molar-refractivity contribution is 6.06. The van der Waals surface area contributed by atoms with Crippen LogP contribution in [0.2, 0.25) is 0 Å². The van der Waals surface area contributed by atoms with E-state index >= 15 is 0 Å². The molecule has 2 rings (SSSR count). The first kappa shape index (κ1) is 15.0. The first-order valence-electron chi connectivity index (χ1n) is 7.07. The number of pyridine rings is 1. The molecule has 0 aliphatic rings. The molecule has 1 aromatic heterocycles. The lowest BCUT2D eigenvalue weighted by molar-refractivity contribution is 0.0993. The summed E-state index contributed by atoms with van der Waals surface area (Å²) in [6, 6.07) is 9.64. The fourth-order valence-electron chi connectivity index (χ4n) is 2.30. The fourth-order valence-corrected chi connectivity index (χ4v) is 2.30. The Bertz CT molecular complexity index is 632. The van der Waals surface area contributed by atoms with Gasteiger partial charge in [-0.2, -0.15) is 0 Å². The first-order chi connectivity index (χ1) is 10.0. The number of anilines is 2. The van der Waals surface area contributed by atoms with Gasteiger partial charge in [-0.25, -0.2) is 4.98 Å². The summed E-state index contributed by atoms with van der Waals surface area (Å²) in [5, 5.41) is 3.12. The van der Waals surface area contributed by atoms with Crippen LogP contribution in [0.25, 0.3) is 0 Å². The highest BCUT2D eigenvalue weighted by atomic mass is 16.2. The van der Waals surface area contributed by atoms with Crippen molar-refractivity contribution >= 4 is 17.4 Å². The maximum Gasteiger partial charge on any atom is 0.258 e. The van der Waals surface area contributed by atoms with Crippen molar-refractivity contribution in [3.8, 4) is 0 Å². The summed E-state index contributed by atoms with van der Waals surface area (Å²) < 4.78 is 0. The standard InChI is InChI=1S/C17H21N3O/c1-5-18-16-11-14(6-7-19-16)17(21)20(4)15-9-12(2)8-13(3)10-15/h6-11H,5H2,1-4H3,(H,18,19). The van der Waals surface area contributed by atoms with Gasteiger partial charge in [-0.3, -0.25) is 4.79 Å². The van der Waals surface area contributed by atoms with Crippen molar-refractivity contribution in [2.45, 2.75) is 20.8 Å². The molecule has 0 spiro atoms. The van der Waals surface area contributed by atoms with E-state index < -0.39 is 0 Å². The lowest BCUT2D eigenvalue weighted by atomic mass is 10.1. The summed E-state index contributed by atoms with van der Waals surface area (Å²) in [6.45, 7) is 6.84. The van der Waals surface area contributed by atoms with Gasteiger partial charge in [-0.05, 0) is 56.2 Å². The third-order valence-corrected chi connectivity index (χ3v) is 3.26. The van der Waals surface area contributed by atoms with Crippen LogP contribution in [0.5, 0.6) is 0 Å². The first-order valence-corrected chi connectivity index (χ1v) is 7.07. The van der Waals surface area contributed by atoms with Crippen LogP contribution in [0.4, 0.5) is 11.5 Å². The summed E-state index contributed by atoms with van der Waals surface area (Å²) in [5.41, 5.74) is 3.82. The van der Waals surface area contributed by atoms with Gasteiger partial charge in [0.25, 0.3) is 5.91 Å². The Hall–Kier alpha value is -2.36. The van der Waals surface area contributed by atoms with Crippen molar-refractivity contribution in [1.82, 2.24) is 4.98 Å². The third kappa shape index (κ3) is 3.60. The van der Waals surface area contributed by atoms with Gasteiger partial charge >= 0.3 is 0 Å². The molecule has 1 aromatic carbocycles. The SMILES string of the molecule is CCNc1cc(C(=O)N(C)c2cc(C)cc(C)c2)ccn1. The zero-order valence-corrected chi connectivity index (χ0v) is 13.0. The minimum absolute atomic E-state index is 0.0402. The zero-order valence-electron chi connectivity index (χ0n) is 13.0. The number of nitrogens with zero attached hydrogens (tertiary/aromatic N) is 2. The highest BCUT2D eigenvalue weighted by Gasteiger charge is 2.14. The molecule has 0 unspecified atom stereocenters.